The summed E-state index contributed by atoms with van der Waals surface area (Å²) in [6.45, 7) is 2.86. The van der Waals surface area contributed by atoms with Crippen LogP contribution in [0.5, 0.6) is 0 Å². The molecule has 0 spiro atoms. The van der Waals surface area contributed by atoms with Crippen LogP contribution in [-0.2, 0) is 16.0 Å². The van der Waals surface area contributed by atoms with Crippen LogP contribution in [-0.4, -0.2) is 59.7 Å². The quantitative estimate of drug-likeness (QED) is 0.522. The van der Waals surface area contributed by atoms with E-state index in [0.717, 1.165) is 36.2 Å². The van der Waals surface area contributed by atoms with Crippen molar-refractivity contribution in [1.82, 2.24) is 14.7 Å². The van der Waals surface area contributed by atoms with Crippen LogP contribution >= 0.6 is 11.3 Å². The largest absolute Gasteiger partial charge is 0.333 e. The SMILES string of the molecule is CN1CCN(C(=O)CCC(=O)N2CCc3sccc3C2c2ccc(F)cc2)C(c2ccccc2)C1. The fourth-order valence-corrected chi connectivity index (χ4v) is 6.17. The van der Waals surface area contributed by atoms with Crippen LogP contribution in [0.4, 0.5) is 4.39 Å². The van der Waals surface area contributed by atoms with E-state index >= 15 is 0 Å². The summed E-state index contributed by atoms with van der Waals surface area (Å²) < 4.78 is 13.6. The van der Waals surface area contributed by atoms with Gasteiger partial charge in [0.15, 0.2) is 0 Å². The molecule has 1 fully saturated rings. The highest BCUT2D eigenvalue weighted by molar-refractivity contribution is 7.10. The van der Waals surface area contributed by atoms with E-state index in [4.69, 9.17) is 0 Å². The second kappa shape index (κ2) is 10.3. The van der Waals surface area contributed by atoms with Crippen molar-refractivity contribution in [3.05, 3.63) is 93.4 Å². The second-order valence-corrected chi connectivity index (χ2v) is 10.4. The fourth-order valence-electron chi connectivity index (χ4n) is 5.27. The molecule has 2 aliphatic heterocycles. The van der Waals surface area contributed by atoms with Gasteiger partial charge < -0.3 is 14.7 Å². The third-order valence-corrected chi connectivity index (χ3v) is 8.11. The first-order valence-electron chi connectivity index (χ1n) is 12.2. The average molecular weight is 492 g/mol. The minimum atomic E-state index is -0.293. The summed E-state index contributed by atoms with van der Waals surface area (Å²) in [7, 11) is 2.08. The zero-order valence-corrected chi connectivity index (χ0v) is 20.7. The summed E-state index contributed by atoms with van der Waals surface area (Å²) in [6.07, 6.45) is 1.16. The number of likely N-dealkylation sites (N-methyl/N-ethyl adjacent to an activating group) is 1. The van der Waals surface area contributed by atoms with Crippen LogP contribution in [0.2, 0.25) is 0 Å². The van der Waals surface area contributed by atoms with E-state index in [9.17, 15) is 14.0 Å². The normalized spacial score (nSPS) is 20.5. The minimum absolute atomic E-state index is 0.00660. The molecule has 0 N–H and O–H groups in total. The van der Waals surface area contributed by atoms with E-state index in [1.54, 1.807) is 23.5 Å². The van der Waals surface area contributed by atoms with E-state index in [1.165, 1.54) is 17.0 Å². The van der Waals surface area contributed by atoms with Gasteiger partial charge in [-0.3, -0.25) is 9.59 Å². The summed E-state index contributed by atoms with van der Waals surface area (Å²) in [4.78, 5) is 34.1. The number of benzene rings is 2. The molecular weight excluding hydrogens is 461 g/mol. The Morgan fingerprint density at radius 1 is 0.886 bits per heavy atom. The Labute approximate surface area is 209 Å². The molecule has 3 heterocycles. The van der Waals surface area contributed by atoms with Crippen molar-refractivity contribution in [2.75, 3.05) is 33.2 Å². The number of amides is 2. The van der Waals surface area contributed by atoms with E-state index in [2.05, 4.69) is 35.5 Å². The molecular formula is C28H30FN3O2S. The number of carbonyl (C=O) groups excluding carboxylic acids is 2. The Bertz CT molecular complexity index is 1180. The van der Waals surface area contributed by atoms with Gasteiger partial charge in [-0.1, -0.05) is 42.5 Å². The van der Waals surface area contributed by atoms with Crippen molar-refractivity contribution in [2.24, 2.45) is 0 Å². The number of hydrogen-bond acceptors (Lipinski definition) is 4. The third-order valence-electron chi connectivity index (χ3n) is 7.11. The van der Waals surface area contributed by atoms with Gasteiger partial charge in [0.1, 0.15) is 5.82 Å². The van der Waals surface area contributed by atoms with Crippen molar-refractivity contribution in [1.29, 1.82) is 0 Å². The summed E-state index contributed by atoms with van der Waals surface area (Å²) in [5, 5.41) is 2.05. The van der Waals surface area contributed by atoms with Gasteiger partial charge in [-0.25, -0.2) is 4.39 Å². The molecule has 5 rings (SSSR count). The molecule has 0 aliphatic carbocycles. The molecule has 35 heavy (non-hydrogen) atoms. The van der Waals surface area contributed by atoms with Crippen molar-refractivity contribution in [3.63, 3.8) is 0 Å². The number of nitrogens with zero attached hydrogens (tertiary/aromatic N) is 3. The molecule has 5 nitrogen and oxygen atoms in total. The Morgan fingerprint density at radius 3 is 2.34 bits per heavy atom. The first kappa shape index (κ1) is 23.7. The van der Waals surface area contributed by atoms with Gasteiger partial charge in [0, 0.05) is 43.9 Å². The molecule has 1 aromatic heterocycles. The minimum Gasteiger partial charge on any atom is -0.333 e. The first-order valence-corrected chi connectivity index (χ1v) is 13.0. The maximum atomic E-state index is 13.6. The summed E-state index contributed by atoms with van der Waals surface area (Å²) >= 11 is 1.70. The van der Waals surface area contributed by atoms with Crippen LogP contribution < -0.4 is 0 Å². The van der Waals surface area contributed by atoms with Crippen LogP contribution in [0.25, 0.3) is 0 Å². The molecule has 0 bridgehead atoms. The van der Waals surface area contributed by atoms with Gasteiger partial charge in [0.25, 0.3) is 0 Å². The van der Waals surface area contributed by atoms with Crippen LogP contribution in [0.1, 0.15) is 46.5 Å². The van der Waals surface area contributed by atoms with E-state index in [1.807, 2.05) is 28.0 Å². The number of fused-ring (bicyclic) bond motifs is 1. The third kappa shape index (κ3) is 5.02. The fraction of sp³-hybridized carbons (Fsp3) is 0.357. The number of hydrogen-bond donors (Lipinski definition) is 0. The average Bonchev–Trinajstić information content (AvgIpc) is 3.36. The Morgan fingerprint density at radius 2 is 1.60 bits per heavy atom. The topological polar surface area (TPSA) is 43.9 Å². The number of thiophene rings is 1. The highest BCUT2D eigenvalue weighted by atomic mass is 32.1. The number of rotatable bonds is 5. The van der Waals surface area contributed by atoms with Gasteiger partial charge in [-0.2, -0.15) is 0 Å². The molecule has 2 amide bonds. The van der Waals surface area contributed by atoms with Crippen LogP contribution in [0, 0.1) is 5.82 Å². The van der Waals surface area contributed by atoms with Gasteiger partial charge in [0.2, 0.25) is 11.8 Å². The lowest BCUT2D eigenvalue weighted by atomic mass is 9.92. The molecule has 182 valence electrons. The van der Waals surface area contributed by atoms with E-state index in [-0.39, 0.29) is 42.6 Å². The van der Waals surface area contributed by atoms with Crippen LogP contribution in [0.3, 0.4) is 0 Å². The first-order chi connectivity index (χ1) is 17.0. The summed E-state index contributed by atoms with van der Waals surface area (Å²) in [6, 6.07) is 18.3. The predicted octanol–water partition coefficient (Wildman–Crippen LogP) is 4.66. The second-order valence-electron chi connectivity index (χ2n) is 9.37. The maximum absolute atomic E-state index is 13.6. The van der Waals surface area contributed by atoms with Gasteiger partial charge >= 0.3 is 0 Å². The Balaban J connectivity index is 1.30. The molecule has 2 aliphatic rings. The molecule has 2 aromatic carbocycles. The molecule has 2 atom stereocenters. The maximum Gasteiger partial charge on any atom is 0.223 e. The Hall–Kier alpha value is -3.03. The van der Waals surface area contributed by atoms with E-state index in [0.29, 0.717) is 13.1 Å². The zero-order valence-electron chi connectivity index (χ0n) is 19.9. The smallest absolute Gasteiger partial charge is 0.223 e. The van der Waals surface area contributed by atoms with Crippen molar-refractivity contribution < 1.29 is 14.0 Å². The highest BCUT2D eigenvalue weighted by Gasteiger charge is 2.34. The molecule has 0 radical (unpaired) electrons. The standard InChI is InChI=1S/C28H30FN3O2S/c1-30-16-17-31(24(19-30)20-5-3-2-4-6-20)26(33)11-12-27(34)32-15-13-25-23(14-18-35-25)28(32)21-7-9-22(29)10-8-21/h2-10,14,18,24,28H,11-13,15-17,19H2,1H3. The molecule has 3 aromatic rings. The number of carbonyl (C=O) groups is 2. The highest BCUT2D eigenvalue weighted by Crippen LogP contribution is 2.38. The molecule has 1 saturated heterocycles. The van der Waals surface area contributed by atoms with Crippen molar-refractivity contribution in [3.8, 4) is 0 Å². The molecule has 0 saturated carbocycles. The lowest BCUT2D eigenvalue weighted by Crippen LogP contribution is -2.49. The van der Waals surface area contributed by atoms with Gasteiger partial charge in [-0.05, 0) is 53.7 Å². The summed E-state index contributed by atoms with van der Waals surface area (Å²) in [5.41, 5.74) is 3.13. The van der Waals surface area contributed by atoms with Gasteiger partial charge in [-0.15, -0.1) is 11.3 Å². The lowest BCUT2D eigenvalue weighted by Gasteiger charge is -2.40. The van der Waals surface area contributed by atoms with E-state index < -0.39 is 0 Å². The van der Waals surface area contributed by atoms with Crippen molar-refractivity contribution >= 4 is 23.2 Å². The predicted molar refractivity (Wildman–Crippen MR) is 136 cm³/mol. The summed E-state index contributed by atoms with van der Waals surface area (Å²) in [5.74, 6) is -0.305. The van der Waals surface area contributed by atoms with Gasteiger partial charge in [0.05, 0.1) is 12.1 Å². The number of piperazine rings is 1. The molecule has 7 heteroatoms. The molecule has 2 unspecified atom stereocenters. The Kier molecular flexibility index (Phi) is 6.97. The van der Waals surface area contributed by atoms with Crippen LogP contribution in [0.15, 0.2) is 66.0 Å². The van der Waals surface area contributed by atoms with Crippen molar-refractivity contribution in [2.45, 2.75) is 31.3 Å². The monoisotopic (exact) mass is 491 g/mol. The zero-order chi connectivity index (χ0) is 24.4. The lowest BCUT2D eigenvalue weighted by molar-refractivity contribution is -0.140. The number of halogens is 1.